The highest BCUT2D eigenvalue weighted by Gasteiger charge is 2.27. The first-order valence-electron chi connectivity index (χ1n) is 7.62. The molecule has 0 aliphatic heterocycles. The summed E-state index contributed by atoms with van der Waals surface area (Å²) in [5.74, 6) is 0.391. The second kappa shape index (κ2) is 5.08. The van der Waals surface area contributed by atoms with Gasteiger partial charge in [-0.1, -0.05) is 0 Å². The minimum atomic E-state index is -0.202. The van der Waals surface area contributed by atoms with E-state index in [1.807, 2.05) is 6.07 Å². The Bertz CT molecular complexity index is 774. The third kappa shape index (κ3) is 2.54. The third-order valence-electron chi connectivity index (χ3n) is 4.36. The first-order chi connectivity index (χ1) is 10.7. The van der Waals surface area contributed by atoms with Gasteiger partial charge in [0.2, 0.25) is 0 Å². The Morgan fingerprint density at radius 3 is 2.86 bits per heavy atom. The van der Waals surface area contributed by atoms with Crippen LogP contribution in [0.1, 0.15) is 52.6 Å². The molecule has 1 saturated carbocycles. The number of amides is 1. The van der Waals surface area contributed by atoms with Crippen LogP contribution in [0.4, 0.5) is 0 Å². The summed E-state index contributed by atoms with van der Waals surface area (Å²) >= 11 is 0. The summed E-state index contributed by atoms with van der Waals surface area (Å²) < 4.78 is 0. The van der Waals surface area contributed by atoms with Crippen LogP contribution in [0.2, 0.25) is 0 Å². The molecule has 4 rings (SSSR count). The second-order valence-electron chi connectivity index (χ2n) is 6.10. The number of carbonyl (C=O) groups excluding carboxylic acids is 1. The van der Waals surface area contributed by atoms with E-state index in [1.165, 1.54) is 12.8 Å². The SMILES string of the molecule is O=C(N[C@H]1CCc2n[nH]c(=O)cc2C1)c1cc(C2CC2)[nH]n1. The molecule has 0 saturated heterocycles. The molecule has 2 heterocycles. The molecule has 7 nitrogen and oxygen atoms in total. The van der Waals surface area contributed by atoms with E-state index in [1.54, 1.807) is 6.07 Å². The van der Waals surface area contributed by atoms with Crippen molar-refractivity contribution in [1.82, 2.24) is 25.7 Å². The number of aromatic nitrogens is 4. The maximum Gasteiger partial charge on any atom is 0.272 e. The normalized spacial score (nSPS) is 20.5. The lowest BCUT2D eigenvalue weighted by Gasteiger charge is -2.23. The van der Waals surface area contributed by atoms with E-state index in [2.05, 4.69) is 25.7 Å². The van der Waals surface area contributed by atoms with E-state index >= 15 is 0 Å². The molecule has 22 heavy (non-hydrogen) atoms. The van der Waals surface area contributed by atoms with Crippen LogP contribution in [-0.2, 0) is 12.8 Å². The fraction of sp³-hybridized carbons (Fsp3) is 0.467. The minimum Gasteiger partial charge on any atom is -0.348 e. The number of H-pyrrole nitrogens is 2. The van der Waals surface area contributed by atoms with Crippen molar-refractivity contribution in [3.8, 4) is 0 Å². The van der Waals surface area contributed by atoms with E-state index in [-0.39, 0.29) is 17.5 Å². The molecule has 0 unspecified atom stereocenters. The lowest BCUT2D eigenvalue weighted by Crippen LogP contribution is -2.39. The van der Waals surface area contributed by atoms with Gasteiger partial charge in [-0.3, -0.25) is 14.7 Å². The summed E-state index contributed by atoms with van der Waals surface area (Å²) in [4.78, 5) is 23.6. The van der Waals surface area contributed by atoms with Gasteiger partial charge < -0.3 is 5.32 Å². The predicted molar refractivity (Wildman–Crippen MR) is 78.7 cm³/mol. The molecule has 1 fully saturated rings. The van der Waals surface area contributed by atoms with Crippen LogP contribution in [0.5, 0.6) is 0 Å². The van der Waals surface area contributed by atoms with Gasteiger partial charge in [-0.15, -0.1) is 0 Å². The number of fused-ring (bicyclic) bond motifs is 1. The summed E-state index contributed by atoms with van der Waals surface area (Å²) in [5, 5.41) is 16.6. The Balaban J connectivity index is 1.44. The fourth-order valence-corrected chi connectivity index (χ4v) is 2.98. The summed E-state index contributed by atoms with van der Waals surface area (Å²) in [5.41, 5.74) is 3.13. The quantitative estimate of drug-likeness (QED) is 0.774. The first-order valence-corrected chi connectivity index (χ1v) is 7.62. The highest BCUT2D eigenvalue weighted by Crippen LogP contribution is 2.38. The number of carbonyl (C=O) groups is 1. The monoisotopic (exact) mass is 299 g/mol. The van der Waals surface area contributed by atoms with E-state index in [0.717, 1.165) is 29.8 Å². The van der Waals surface area contributed by atoms with Gasteiger partial charge in [-0.2, -0.15) is 10.2 Å². The van der Waals surface area contributed by atoms with Crippen LogP contribution < -0.4 is 10.9 Å². The van der Waals surface area contributed by atoms with Crippen LogP contribution in [0.3, 0.4) is 0 Å². The molecule has 2 aliphatic carbocycles. The summed E-state index contributed by atoms with van der Waals surface area (Å²) in [6, 6.07) is 3.43. The van der Waals surface area contributed by atoms with Gasteiger partial charge in [-0.25, -0.2) is 5.10 Å². The number of nitrogens with one attached hydrogen (secondary N) is 3. The van der Waals surface area contributed by atoms with Gasteiger partial charge in [0, 0.05) is 23.7 Å². The Morgan fingerprint density at radius 1 is 1.18 bits per heavy atom. The first kappa shape index (κ1) is 13.2. The molecule has 114 valence electrons. The number of aromatic amines is 2. The zero-order valence-corrected chi connectivity index (χ0v) is 12.1. The van der Waals surface area contributed by atoms with Crippen LogP contribution in [0.25, 0.3) is 0 Å². The van der Waals surface area contributed by atoms with Crippen molar-refractivity contribution in [2.24, 2.45) is 0 Å². The van der Waals surface area contributed by atoms with E-state index in [9.17, 15) is 9.59 Å². The number of nitrogens with zero attached hydrogens (tertiary/aromatic N) is 2. The molecule has 1 atom stereocenters. The fourth-order valence-electron chi connectivity index (χ4n) is 2.98. The van der Waals surface area contributed by atoms with E-state index in [4.69, 9.17) is 0 Å². The van der Waals surface area contributed by atoms with Crippen molar-refractivity contribution < 1.29 is 4.79 Å². The lowest BCUT2D eigenvalue weighted by molar-refractivity contribution is 0.0928. The van der Waals surface area contributed by atoms with Crippen LogP contribution >= 0.6 is 0 Å². The van der Waals surface area contributed by atoms with E-state index < -0.39 is 0 Å². The van der Waals surface area contributed by atoms with Crippen molar-refractivity contribution >= 4 is 5.91 Å². The molecule has 7 heteroatoms. The average Bonchev–Trinajstić information content (AvgIpc) is 3.24. The van der Waals surface area contributed by atoms with Gasteiger partial charge in [0.25, 0.3) is 11.5 Å². The molecule has 0 spiro atoms. The Kier molecular flexibility index (Phi) is 3.06. The number of hydrogen-bond donors (Lipinski definition) is 3. The Labute approximate surface area is 126 Å². The van der Waals surface area contributed by atoms with Gasteiger partial charge in [-0.05, 0) is 43.7 Å². The Hall–Kier alpha value is -2.44. The van der Waals surface area contributed by atoms with E-state index in [0.29, 0.717) is 18.0 Å². The molecular formula is C15H17N5O2. The summed E-state index contributed by atoms with van der Waals surface area (Å²) in [6.45, 7) is 0. The molecule has 0 radical (unpaired) electrons. The summed E-state index contributed by atoms with van der Waals surface area (Å²) in [7, 11) is 0. The number of aryl methyl sites for hydroxylation is 1. The zero-order chi connectivity index (χ0) is 15.1. The molecule has 3 N–H and O–H groups in total. The van der Waals surface area contributed by atoms with Crippen molar-refractivity contribution in [1.29, 1.82) is 0 Å². The Morgan fingerprint density at radius 2 is 2.05 bits per heavy atom. The number of rotatable bonds is 3. The lowest BCUT2D eigenvalue weighted by atomic mass is 9.92. The maximum absolute atomic E-state index is 12.3. The van der Waals surface area contributed by atoms with Crippen molar-refractivity contribution in [2.75, 3.05) is 0 Å². The van der Waals surface area contributed by atoms with Gasteiger partial charge in [0.05, 0.1) is 5.69 Å². The van der Waals surface area contributed by atoms with Crippen molar-refractivity contribution in [2.45, 2.75) is 44.1 Å². The average molecular weight is 299 g/mol. The molecular weight excluding hydrogens is 282 g/mol. The molecule has 2 aliphatic rings. The van der Waals surface area contributed by atoms with Crippen LogP contribution in [0, 0.1) is 0 Å². The molecule has 2 aromatic rings. The smallest absolute Gasteiger partial charge is 0.272 e. The highest BCUT2D eigenvalue weighted by atomic mass is 16.2. The van der Waals surface area contributed by atoms with Crippen molar-refractivity contribution in [3.63, 3.8) is 0 Å². The predicted octanol–water partition coefficient (Wildman–Crippen LogP) is 0.658. The maximum atomic E-state index is 12.3. The molecule has 0 bridgehead atoms. The minimum absolute atomic E-state index is 0.0182. The zero-order valence-electron chi connectivity index (χ0n) is 12.1. The van der Waals surface area contributed by atoms with Gasteiger partial charge in [0.15, 0.2) is 0 Å². The highest BCUT2D eigenvalue weighted by molar-refractivity contribution is 5.92. The van der Waals surface area contributed by atoms with Gasteiger partial charge >= 0.3 is 0 Å². The molecule has 0 aromatic carbocycles. The van der Waals surface area contributed by atoms with Crippen LogP contribution in [0.15, 0.2) is 16.9 Å². The van der Waals surface area contributed by atoms with Gasteiger partial charge in [0.1, 0.15) is 5.69 Å². The summed E-state index contributed by atoms with van der Waals surface area (Å²) in [6.07, 6.45) is 4.55. The molecule has 2 aromatic heterocycles. The third-order valence-corrected chi connectivity index (χ3v) is 4.36. The number of hydrogen-bond acceptors (Lipinski definition) is 4. The molecule has 1 amide bonds. The topological polar surface area (TPSA) is 104 Å². The second-order valence-corrected chi connectivity index (χ2v) is 6.10. The van der Waals surface area contributed by atoms with Crippen LogP contribution in [-0.4, -0.2) is 32.3 Å². The van der Waals surface area contributed by atoms with Crippen molar-refractivity contribution in [3.05, 3.63) is 45.1 Å². The standard InChI is InChI=1S/C15H17N5O2/c21-14-6-9-5-10(3-4-11(9)17-20-14)16-15(22)13-7-12(18-19-13)8-1-2-8/h6-8,10H,1-5H2,(H,16,22)(H,18,19)(H,20,21)/t10-/m0/s1. The largest absolute Gasteiger partial charge is 0.348 e.